The van der Waals surface area contributed by atoms with Gasteiger partial charge in [-0.2, -0.15) is 0 Å². The van der Waals surface area contributed by atoms with Gasteiger partial charge < -0.3 is 0 Å². The summed E-state index contributed by atoms with van der Waals surface area (Å²) in [6.45, 7) is 13.4. The Morgan fingerprint density at radius 3 is 1.00 bits per heavy atom. The Balaban J connectivity index is 1.20. The summed E-state index contributed by atoms with van der Waals surface area (Å²) in [5, 5.41) is 19.2. The molecule has 0 amide bonds. The predicted octanol–water partition coefficient (Wildman–Crippen LogP) is 11.8. The van der Waals surface area contributed by atoms with Crippen LogP contribution in [0.2, 0.25) is 0 Å². The van der Waals surface area contributed by atoms with Gasteiger partial charge in [0.1, 0.15) is 0 Å². The zero-order valence-corrected chi connectivity index (χ0v) is 31.7. The first kappa shape index (κ1) is 34.7. The Morgan fingerprint density at radius 1 is 0.315 bits per heavy atom. The molecule has 2 heterocycles. The van der Waals surface area contributed by atoms with Gasteiger partial charge in [0.25, 0.3) is 0 Å². The summed E-state index contributed by atoms with van der Waals surface area (Å²) in [5.41, 5.74) is 10.9. The molecule has 0 saturated heterocycles. The van der Waals surface area contributed by atoms with Crippen LogP contribution in [0.1, 0.15) is 52.7 Å². The van der Waals surface area contributed by atoms with Gasteiger partial charge in [-0.3, -0.25) is 9.13 Å². The number of benzene rings is 6. The average molecular weight is 705 g/mol. The lowest BCUT2D eigenvalue weighted by Crippen LogP contribution is -2.10. The Kier molecular flexibility index (Phi) is 8.90. The van der Waals surface area contributed by atoms with Crippen molar-refractivity contribution >= 4 is 0 Å². The van der Waals surface area contributed by atoms with E-state index in [9.17, 15) is 0 Å². The minimum absolute atomic E-state index is 0.0553. The first-order valence-corrected chi connectivity index (χ1v) is 18.5. The van der Waals surface area contributed by atoms with Crippen LogP contribution in [0.3, 0.4) is 0 Å². The van der Waals surface area contributed by atoms with Crippen LogP contribution < -0.4 is 0 Å². The minimum atomic E-state index is 0.0553. The van der Waals surface area contributed by atoms with Crippen molar-refractivity contribution in [1.29, 1.82) is 0 Å². The highest BCUT2D eigenvalue weighted by atomic mass is 15.3. The molecule has 0 bridgehead atoms. The van der Waals surface area contributed by atoms with E-state index in [-0.39, 0.29) is 10.8 Å². The van der Waals surface area contributed by atoms with E-state index in [0.717, 1.165) is 62.5 Å². The second kappa shape index (κ2) is 13.9. The lowest BCUT2D eigenvalue weighted by molar-refractivity contribution is 0.590. The second-order valence-corrected chi connectivity index (χ2v) is 15.8. The fourth-order valence-electron chi connectivity index (χ4n) is 6.85. The second-order valence-electron chi connectivity index (χ2n) is 15.8. The lowest BCUT2D eigenvalue weighted by Gasteiger charge is -2.19. The van der Waals surface area contributed by atoms with Crippen LogP contribution in [-0.2, 0) is 10.8 Å². The van der Waals surface area contributed by atoms with E-state index in [1.54, 1.807) is 0 Å². The van der Waals surface area contributed by atoms with Gasteiger partial charge in [-0.25, -0.2) is 0 Å². The van der Waals surface area contributed by atoms with Gasteiger partial charge in [0.15, 0.2) is 23.3 Å². The smallest absolute Gasteiger partial charge is 0.168 e. The third kappa shape index (κ3) is 6.79. The highest BCUT2D eigenvalue weighted by Crippen LogP contribution is 2.35. The maximum atomic E-state index is 4.82. The topological polar surface area (TPSA) is 61.4 Å². The molecule has 54 heavy (non-hydrogen) atoms. The standard InChI is InChI=1S/C48H44N6/c1-47(2,3)39-28-24-34(25-29-39)33-20-22-35(23-21-33)43-49-51-45(53(43)41-16-9-7-10-17-41)37-14-13-15-38(32-37)46-52-50-44(54(46)42-18-11-8-12-19-42)36-26-30-40(31-27-36)48(4,5)6/h7-32H,1-6H3. The number of hydrogen-bond acceptors (Lipinski definition) is 4. The molecule has 0 spiro atoms. The fourth-order valence-corrected chi connectivity index (χ4v) is 6.85. The molecule has 6 aromatic carbocycles. The highest BCUT2D eigenvalue weighted by molar-refractivity contribution is 5.74. The molecule has 0 aliphatic heterocycles. The van der Waals surface area contributed by atoms with Crippen LogP contribution in [0.25, 0.3) is 68.1 Å². The zero-order chi connectivity index (χ0) is 37.5. The van der Waals surface area contributed by atoms with Gasteiger partial charge in [0.05, 0.1) is 0 Å². The molecular formula is C48H44N6. The number of aromatic nitrogens is 6. The van der Waals surface area contributed by atoms with Crippen molar-refractivity contribution in [2.75, 3.05) is 0 Å². The lowest BCUT2D eigenvalue weighted by atomic mass is 9.86. The first-order valence-electron chi connectivity index (χ1n) is 18.5. The van der Waals surface area contributed by atoms with Gasteiger partial charge >= 0.3 is 0 Å². The Hall–Kier alpha value is -6.40. The molecular weight excluding hydrogens is 661 g/mol. The molecule has 0 radical (unpaired) electrons. The van der Waals surface area contributed by atoms with E-state index in [1.165, 1.54) is 16.7 Å². The predicted molar refractivity (Wildman–Crippen MR) is 221 cm³/mol. The van der Waals surface area contributed by atoms with E-state index in [4.69, 9.17) is 20.4 Å². The summed E-state index contributed by atoms with van der Waals surface area (Å²) < 4.78 is 4.27. The van der Waals surface area contributed by atoms with Crippen LogP contribution in [0, 0.1) is 0 Å². The Bertz CT molecular complexity index is 2510. The Labute approximate surface area is 317 Å². The average Bonchev–Trinajstić information content (AvgIpc) is 3.84. The van der Waals surface area contributed by atoms with E-state index in [0.29, 0.717) is 0 Å². The van der Waals surface area contributed by atoms with Crippen LogP contribution in [0.5, 0.6) is 0 Å². The summed E-state index contributed by atoms with van der Waals surface area (Å²) in [4.78, 5) is 0. The van der Waals surface area contributed by atoms with Crippen molar-refractivity contribution in [1.82, 2.24) is 29.5 Å². The normalized spacial score (nSPS) is 11.9. The quantitative estimate of drug-likeness (QED) is 0.166. The molecule has 0 unspecified atom stereocenters. The van der Waals surface area contributed by atoms with Gasteiger partial charge in [0, 0.05) is 33.6 Å². The van der Waals surface area contributed by atoms with Crippen molar-refractivity contribution in [3.8, 4) is 68.1 Å². The zero-order valence-electron chi connectivity index (χ0n) is 31.7. The summed E-state index contributed by atoms with van der Waals surface area (Å²) in [7, 11) is 0. The maximum Gasteiger partial charge on any atom is 0.168 e. The molecule has 8 aromatic rings. The maximum absolute atomic E-state index is 4.82. The molecule has 0 fully saturated rings. The van der Waals surface area contributed by atoms with E-state index < -0.39 is 0 Å². The Morgan fingerprint density at radius 2 is 0.630 bits per heavy atom. The summed E-state index contributed by atoms with van der Waals surface area (Å²) in [6.07, 6.45) is 0. The van der Waals surface area contributed by atoms with E-state index in [1.807, 2.05) is 36.4 Å². The van der Waals surface area contributed by atoms with Crippen molar-refractivity contribution in [2.45, 2.75) is 52.4 Å². The first-order chi connectivity index (χ1) is 26.0. The molecule has 6 heteroatoms. The largest absolute Gasteiger partial charge is 0.275 e. The number of para-hydroxylation sites is 2. The molecule has 0 atom stereocenters. The van der Waals surface area contributed by atoms with Gasteiger partial charge in [-0.15, -0.1) is 20.4 Å². The molecule has 0 saturated carbocycles. The van der Waals surface area contributed by atoms with Crippen molar-refractivity contribution in [2.24, 2.45) is 0 Å². The third-order valence-electron chi connectivity index (χ3n) is 9.97. The van der Waals surface area contributed by atoms with Crippen LogP contribution in [0.4, 0.5) is 0 Å². The molecule has 0 aliphatic carbocycles. The molecule has 0 N–H and O–H groups in total. The monoisotopic (exact) mass is 704 g/mol. The SMILES string of the molecule is CC(C)(C)c1ccc(-c2ccc(-c3nnc(-c4cccc(-c5nnc(-c6ccc(C(C)(C)C)cc6)n5-c5ccccc5)c4)n3-c3ccccc3)cc2)cc1. The summed E-state index contributed by atoms with van der Waals surface area (Å²) >= 11 is 0. The van der Waals surface area contributed by atoms with Gasteiger partial charge in [-0.05, 0) is 63.4 Å². The van der Waals surface area contributed by atoms with E-state index >= 15 is 0 Å². The number of nitrogens with zero attached hydrogens (tertiary/aromatic N) is 6. The van der Waals surface area contributed by atoms with Gasteiger partial charge in [-0.1, -0.05) is 169 Å². The van der Waals surface area contributed by atoms with Crippen molar-refractivity contribution in [3.05, 3.63) is 169 Å². The molecule has 2 aromatic heterocycles. The van der Waals surface area contributed by atoms with Crippen molar-refractivity contribution in [3.63, 3.8) is 0 Å². The molecule has 6 nitrogen and oxygen atoms in total. The van der Waals surface area contributed by atoms with Crippen LogP contribution in [0.15, 0.2) is 158 Å². The highest BCUT2D eigenvalue weighted by Gasteiger charge is 2.22. The number of hydrogen-bond donors (Lipinski definition) is 0. The van der Waals surface area contributed by atoms with Crippen LogP contribution in [-0.4, -0.2) is 29.5 Å². The minimum Gasteiger partial charge on any atom is -0.275 e. The third-order valence-corrected chi connectivity index (χ3v) is 9.97. The van der Waals surface area contributed by atoms with Gasteiger partial charge in [0.2, 0.25) is 0 Å². The summed E-state index contributed by atoms with van der Waals surface area (Å²) in [6, 6.07) is 55.0. The molecule has 0 aliphatic rings. The van der Waals surface area contributed by atoms with Crippen LogP contribution >= 0.6 is 0 Å². The van der Waals surface area contributed by atoms with Crippen molar-refractivity contribution < 1.29 is 0 Å². The van der Waals surface area contributed by atoms with E-state index in [2.05, 4.69) is 172 Å². The number of rotatable bonds is 7. The fraction of sp³-hybridized carbons (Fsp3) is 0.167. The molecule has 8 rings (SSSR count). The summed E-state index contributed by atoms with van der Waals surface area (Å²) in [5.74, 6) is 3.04. The molecule has 266 valence electrons.